The Hall–Kier alpha value is -2.16. The quantitative estimate of drug-likeness (QED) is 0.703. The van der Waals surface area contributed by atoms with Gasteiger partial charge in [0.25, 0.3) is 0 Å². The molecule has 0 aliphatic rings. The van der Waals surface area contributed by atoms with Crippen LogP contribution in [0.3, 0.4) is 0 Å². The van der Waals surface area contributed by atoms with Crippen molar-refractivity contribution in [3.8, 4) is 0 Å². The van der Waals surface area contributed by atoms with Crippen molar-refractivity contribution in [1.29, 1.82) is 0 Å². The first-order valence-electron chi connectivity index (χ1n) is 4.34. The van der Waals surface area contributed by atoms with E-state index in [1.54, 1.807) is 18.2 Å². The fourth-order valence-corrected chi connectivity index (χ4v) is 0.874. The second kappa shape index (κ2) is 6.32. The van der Waals surface area contributed by atoms with E-state index in [-0.39, 0.29) is 0 Å². The highest BCUT2D eigenvalue weighted by molar-refractivity contribution is 5.74. The minimum Gasteiger partial charge on any atom is -0.472 e. The molecule has 0 saturated carbocycles. The summed E-state index contributed by atoms with van der Waals surface area (Å²) in [6.45, 7) is 0. The molecule has 0 aliphatic heterocycles. The van der Waals surface area contributed by atoms with E-state index in [9.17, 15) is 9.59 Å². The molecule has 0 N–H and O–H groups in total. The first-order chi connectivity index (χ1) is 7.36. The molecule has 1 heterocycles. The molecule has 15 heavy (non-hydrogen) atoms. The summed E-state index contributed by atoms with van der Waals surface area (Å²) >= 11 is 0. The topological polar surface area (TPSA) is 47.3 Å². The van der Waals surface area contributed by atoms with Gasteiger partial charge in [-0.15, -0.1) is 0 Å². The fraction of sp³-hybridized carbons (Fsp3) is 0. The summed E-state index contributed by atoms with van der Waals surface area (Å²) < 4.78 is 4.57. The summed E-state index contributed by atoms with van der Waals surface area (Å²) in [5, 5.41) is 0. The maximum Gasteiger partial charge on any atom is 0.153 e. The van der Waals surface area contributed by atoms with E-state index in [4.69, 9.17) is 0 Å². The van der Waals surface area contributed by atoms with Crippen LogP contribution in [0.2, 0.25) is 0 Å². The van der Waals surface area contributed by atoms with Gasteiger partial charge in [-0.1, -0.05) is 30.3 Å². The van der Waals surface area contributed by atoms with Crippen molar-refractivity contribution in [1.82, 2.24) is 0 Å². The molecule has 0 radical (unpaired) electrons. The highest BCUT2D eigenvalue weighted by atomic mass is 16.3. The summed E-state index contributed by atoms with van der Waals surface area (Å²) in [6.07, 6.45) is 4.43. The molecule has 1 aromatic carbocycles. The monoisotopic (exact) mass is 202 g/mol. The lowest BCUT2D eigenvalue weighted by Gasteiger charge is -1.81. The van der Waals surface area contributed by atoms with Crippen molar-refractivity contribution in [3.63, 3.8) is 0 Å². The van der Waals surface area contributed by atoms with Crippen LogP contribution in [-0.2, 0) is 0 Å². The number of rotatable bonds is 2. The predicted molar refractivity (Wildman–Crippen MR) is 55.9 cm³/mol. The normalized spacial score (nSPS) is 8.53. The second-order valence-electron chi connectivity index (χ2n) is 2.70. The van der Waals surface area contributed by atoms with E-state index in [1.165, 1.54) is 12.5 Å². The summed E-state index contributed by atoms with van der Waals surface area (Å²) in [6, 6.07) is 10.7. The summed E-state index contributed by atoms with van der Waals surface area (Å²) in [5.74, 6) is 0. The minimum atomic E-state index is 0.583. The SMILES string of the molecule is O=Cc1ccccc1.O=Cc1ccoc1. The zero-order chi connectivity index (χ0) is 10.9. The second-order valence-corrected chi connectivity index (χ2v) is 2.70. The molecule has 0 bridgehead atoms. The van der Waals surface area contributed by atoms with Crippen LogP contribution in [0.25, 0.3) is 0 Å². The summed E-state index contributed by atoms with van der Waals surface area (Å²) in [4.78, 5) is 19.8. The number of hydrogen-bond acceptors (Lipinski definition) is 3. The average molecular weight is 202 g/mol. The van der Waals surface area contributed by atoms with Crippen LogP contribution in [0.5, 0.6) is 0 Å². The molecule has 0 unspecified atom stereocenters. The average Bonchev–Trinajstić information content (AvgIpc) is 2.84. The first-order valence-corrected chi connectivity index (χ1v) is 4.34. The van der Waals surface area contributed by atoms with Gasteiger partial charge < -0.3 is 4.42 Å². The van der Waals surface area contributed by atoms with E-state index < -0.39 is 0 Å². The van der Waals surface area contributed by atoms with Gasteiger partial charge in [0, 0.05) is 5.56 Å². The van der Waals surface area contributed by atoms with Crippen LogP contribution in [0.15, 0.2) is 53.3 Å². The van der Waals surface area contributed by atoms with Gasteiger partial charge in [-0.3, -0.25) is 9.59 Å². The van der Waals surface area contributed by atoms with Crippen molar-refractivity contribution >= 4 is 12.6 Å². The van der Waals surface area contributed by atoms with Crippen molar-refractivity contribution in [3.05, 3.63) is 60.1 Å². The highest BCUT2D eigenvalue weighted by Gasteiger charge is 1.84. The fourth-order valence-electron chi connectivity index (χ4n) is 0.874. The Morgan fingerprint density at radius 1 is 0.867 bits per heavy atom. The standard InChI is InChI=1S/C7H6O.C5H4O2/c8-6-7-4-2-1-3-5-7;6-3-5-1-2-7-4-5/h1-6H;1-4H. The molecule has 0 aliphatic carbocycles. The third kappa shape index (κ3) is 4.04. The molecule has 76 valence electrons. The number of aldehydes is 2. The molecule has 3 heteroatoms. The molecule has 3 nitrogen and oxygen atoms in total. The molecule has 1 aromatic heterocycles. The minimum absolute atomic E-state index is 0.583. The van der Waals surface area contributed by atoms with Crippen LogP contribution < -0.4 is 0 Å². The molecule has 0 saturated heterocycles. The smallest absolute Gasteiger partial charge is 0.153 e. The molecular formula is C12H10O3. The Morgan fingerprint density at radius 3 is 1.87 bits per heavy atom. The summed E-state index contributed by atoms with van der Waals surface area (Å²) in [7, 11) is 0. The molecule has 0 amide bonds. The van der Waals surface area contributed by atoms with Gasteiger partial charge in [0.2, 0.25) is 0 Å². The van der Waals surface area contributed by atoms with E-state index in [1.807, 2.05) is 18.2 Å². The Morgan fingerprint density at radius 2 is 1.53 bits per heavy atom. The molecule has 2 aromatic rings. The number of hydrogen-bond donors (Lipinski definition) is 0. The third-order valence-corrected chi connectivity index (χ3v) is 1.61. The molecule has 0 fully saturated rings. The zero-order valence-electron chi connectivity index (χ0n) is 8.00. The van der Waals surface area contributed by atoms with Gasteiger partial charge in [-0.05, 0) is 6.07 Å². The van der Waals surface area contributed by atoms with E-state index >= 15 is 0 Å². The van der Waals surface area contributed by atoms with E-state index in [0.717, 1.165) is 18.1 Å². The number of carbonyl (C=O) groups is 2. The van der Waals surface area contributed by atoms with Crippen molar-refractivity contribution in [2.24, 2.45) is 0 Å². The van der Waals surface area contributed by atoms with Crippen LogP contribution in [0, 0.1) is 0 Å². The van der Waals surface area contributed by atoms with E-state index in [2.05, 4.69) is 4.42 Å². The lowest BCUT2D eigenvalue weighted by molar-refractivity contribution is 0.111. The van der Waals surface area contributed by atoms with Crippen LogP contribution in [0.1, 0.15) is 20.7 Å². The van der Waals surface area contributed by atoms with Crippen LogP contribution >= 0.6 is 0 Å². The highest BCUT2D eigenvalue weighted by Crippen LogP contribution is 1.93. The van der Waals surface area contributed by atoms with Crippen molar-refractivity contribution in [2.75, 3.05) is 0 Å². The van der Waals surface area contributed by atoms with Gasteiger partial charge >= 0.3 is 0 Å². The molecular weight excluding hydrogens is 192 g/mol. The largest absolute Gasteiger partial charge is 0.472 e. The Labute approximate surface area is 87.3 Å². The van der Waals surface area contributed by atoms with Crippen molar-refractivity contribution in [2.45, 2.75) is 0 Å². The lowest BCUT2D eigenvalue weighted by Crippen LogP contribution is -1.73. The van der Waals surface area contributed by atoms with Crippen LogP contribution in [-0.4, -0.2) is 12.6 Å². The number of carbonyl (C=O) groups excluding carboxylic acids is 2. The van der Waals surface area contributed by atoms with Gasteiger partial charge in [0.1, 0.15) is 12.5 Å². The molecule has 2 rings (SSSR count). The lowest BCUT2D eigenvalue weighted by atomic mass is 10.2. The predicted octanol–water partition coefficient (Wildman–Crippen LogP) is 2.59. The third-order valence-electron chi connectivity index (χ3n) is 1.61. The Balaban J connectivity index is 0.000000151. The first kappa shape index (κ1) is 10.9. The van der Waals surface area contributed by atoms with Gasteiger partial charge in [0.05, 0.1) is 11.8 Å². The van der Waals surface area contributed by atoms with Crippen molar-refractivity contribution < 1.29 is 14.0 Å². The van der Waals surface area contributed by atoms with Crippen LogP contribution in [0.4, 0.5) is 0 Å². The van der Waals surface area contributed by atoms with Gasteiger partial charge in [0.15, 0.2) is 6.29 Å². The maximum atomic E-state index is 10.0. The molecule has 0 atom stereocenters. The maximum absolute atomic E-state index is 10.0. The number of furan rings is 1. The van der Waals surface area contributed by atoms with E-state index in [0.29, 0.717) is 5.56 Å². The molecule has 0 spiro atoms. The Bertz CT molecular complexity index is 390. The van der Waals surface area contributed by atoms with Gasteiger partial charge in [-0.2, -0.15) is 0 Å². The zero-order valence-corrected chi connectivity index (χ0v) is 8.00. The van der Waals surface area contributed by atoms with Gasteiger partial charge in [-0.25, -0.2) is 0 Å². The summed E-state index contributed by atoms with van der Waals surface area (Å²) in [5.41, 5.74) is 1.31. The number of benzene rings is 1. The Kier molecular flexibility index (Phi) is 4.60.